The molecular weight excluding hydrogens is 224 g/mol. The first-order valence-corrected chi connectivity index (χ1v) is 6.97. The van der Waals surface area contributed by atoms with Gasteiger partial charge in [-0.1, -0.05) is 0 Å². The SMILES string of the molecule is NC1CCN(C2CCN(c3ccncc3)C2)CC1. The van der Waals surface area contributed by atoms with Crippen LogP contribution in [0.25, 0.3) is 0 Å². The number of likely N-dealkylation sites (tertiary alicyclic amines) is 1. The molecule has 2 N–H and O–H groups in total. The lowest BCUT2D eigenvalue weighted by Gasteiger charge is -2.34. The van der Waals surface area contributed by atoms with E-state index in [0.717, 1.165) is 25.9 Å². The number of hydrogen-bond acceptors (Lipinski definition) is 4. The van der Waals surface area contributed by atoms with E-state index >= 15 is 0 Å². The second kappa shape index (κ2) is 5.24. The van der Waals surface area contributed by atoms with E-state index in [-0.39, 0.29) is 0 Å². The smallest absolute Gasteiger partial charge is 0.0397 e. The molecule has 1 aromatic rings. The van der Waals surface area contributed by atoms with Crippen LogP contribution in [0.2, 0.25) is 0 Å². The summed E-state index contributed by atoms with van der Waals surface area (Å²) in [6.07, 6.45) is 7.35. The number of hydrogen-bond donors (Lipinski definition) is 1. The molecule has 2 aliphatic heterocycles. The average Bonchev–Trinajstić information content (AvgIpc) is 2.90. The Kier molecular flexibility index (Phi) is 3.48. The number of aromatic nitrogens is 1. The Bertz CT molecular complexity index is 373. The van der Waals surface area contributed by atoms with Crippen molar-refractivity contribution in [2.24, 2.45) is 5.73 Å². The third kappa shape index (κ3) is 2.49. The Morgan fingerprint density at radius 1 is 1.06 bits per heavy atom. The van der Waals surface area contributed by atoms with Crippen molar-refractivity contribution in [3.8, 4) is 0 Å². The highest BCUT2D eigenvalue weighted by Crippen LogP contribution is 2.24. The molecule has 18 heavy (non-hydrogen) atoms. The maximum absolute atomic E-state index is 5.97. The van der Waals surface area contributed by atoms with E-state index < -0.39 is 0 Å². The van der Waals surface area contributed by atoms with Crippen LogP contribution >= 0.6 is 0 Å². The number of nitrogens with zero attached hydrogens (tertiary/aromatic N) is 3. The van der Waals surface area contributed by atoms with Crippen LogP contribution in [-0.2, 0) is 0 Å². The highest BCUT2D eigenvalue weighted by Gasteiger charge is 2.29. The quantitative estimate of drug-likeness (QED) is 0.848. The monoisotopic (exact) mass is 246 g/mol. The van der Waals surface area contributed by atoms with Crippen LogP contribution < -0.4 is 10.6 Å². The Morgan fingerprint density at radius 3 is 2.50 bits per heavy atom. The molecule has 98 valence electrons. The van der Waals surface area contributed by atoms with Gasteiger partial charge in [0, 0.05) is 43.3 Å². The lowest BCUT2D eigenvalue weighted by Crippen LogP contribution is -2.46. The van der Waals surface area contributed by atoms with Crippen LogP contribution in [0, 0.1) is 0 Å². The largest absolute Gasteiger partial charge is 0.370 e. The van der Waals surface area contributed by atoms with Gasteiger partial charge < -0.3 is 10.6 Å². The summed E-state index contributed by atoms with van der Waals surface area (Å²) >= 11 is 0. The van der Waals surface area contributed by atoms with E-state index in [2.05, 4.69) is 26.9 Å². The molecule has 3 heterocycles. The fourth-order valence-corrected chi connectivity index (χ4v) is 3.11. The van der Waals surface area contributed by atoms with Crippen LogP contribution in [0.3, 0.4) is 0 Å². The molecule has 2 fully saturated rings. The summed E-state index contributed by atoms with van der Waals surface area (Å²) in [7, 11) is 0. The molecule has 0 amide bonds. The summed E-state index contributed by atoms with van der Waals surface area (Å²) in [6.45, 7) is 4.67. The topological polar surface area (TPSA) is 45.4 Å². The third-order valence-corrected chi connectivity index (χ3v) is 4.28. The minimum Gasteiger partial charge on any atom is -0.370 e. The van der Waals surface area contributed by atoms with Gasteiger partial charge in [0.15, 0.2) is 0 Å². The maximum atomic E-state index is 5.97. The van der Waals surface area contributed by atoms with Crippen molar-refractivity contribution in [1.29, 1.82) is 0 Å². The molecule has 1 aromatic heterocycles. The lowest BCUT2D eigenvalue weighted by molar-refractivity contribution is 0.163. The van der Waals surface area contributed by atoms with Crippen molar-refractivity contribution in [3.63, 3.8) is 0 Å². The fourth-order valence-electron chi connectivity index (χ4n) is 3.11. The summed E-state index contributed by atoms with van der Waals surface area (Å²) in [6, 6.07) is 5.35. The summed E-state index contributed by atoms with van der Waals surface area (Å²) in [5.41, 5.74) is 7.28. The average molecular weight is 246 g/mol. The summed E-state index contributed by atoms with van der Waals surface area (Å²) in [5.74, 6) is 0. The standard InChI is InChI=1S/C14H22N4/c15-12-3-8-17(9-4-12)14-5-10-18(11-14)13-1-6-16-7-2-13/h1-2,6-7,12,14H,3-5,8-11,15H2. The molecule has 3 rings (SSSR count). The molecule has 4 nitrogen and oxygen atoms in total. The predicted molar refractivity (Wildman–Crippen MR) is 73.6 cm³/mol. The molecule has 4 heteroatoms. The number of piperidine rings is 1. The van der Waals surface area contributed by atoms with E-state index in [1.165, 1.54) is 25.2 Å². The summed E-state index contributed by atoms with van der Waals surface area (Å²) in [4.78, 5) is 9.19. The van der Waals surface area contributed by atoms with E-state index in [4.69, 9.17) is 5.73 Å². The van der Waals surface area contributed by atoms with Crippen LogP contribution in [0.4, 0.5) is 5.69 Å². The number of anilines is 1. The molecule has 0 aliphatic carbocycles. The third-order valence-electron chi connectivity index (χ3n) is 4.28. The van der Waals surface area contributed by atoms with Gasteiger partial charge in [0.2, 0.25) is 0 Å². The highest BCUT2D eigenvalue weighted by molar-refractivity contribution is 5.45. The summed E-state index contributed by atoms with van der Waals surface area (Å²) < 4.78 is 0. The Morgan fingerprint density at radius 2 is 1.78 bits per heavy atom. The number of nitrogens with two attached hydrogens (primary N) is 1. The van der Waals surface area contributed by atoms with Gasteiger partial charge >= 0.3 is 0 Å². The Labute approximate surface area is 109 Å². The minimum absolute atomic E-state index is 0.430. The van der Waals surface area contributed by atoms with Crippen molar-refractivity contribution in [2.75, 3.05) is 31.1 Å². The molecule has 0 spiro atoms. The van der Waals surface area contributed by atoms with E-state index in [1.54, 1.807) is 0 Å². The number of pyridine rings is 1. The van der Waals surface area contributed by atoms with Gasteiger partial charge in [0.25, 0.3) is 0 Å². The molecule has 0 radical (unpaired) electrons. The van der Waals surface area contributed by atoms with Crippen LogP contribution in [0.5, 0.6) is 0 Å². The molecule has 0 bridgehead atoms. The molecule has 1 unspecified atom stereocenters. The second-order valence-corrected chi connectivity index (χ2v) is 5.47. The lowest BCUT2D eigenvalue weighted by atomic mass is 10.0. The van der Waals surface area contributed by atoms with Crippen molar-refractivity contribution >= 4 is 5.69 Å². The van der Waals surface area contributed by atoms with Gasteiger partial charge in [0.1, 0.15) is 0 Å². The van der Waals surface area contributed by atoms with Crippen molar-refractivity contribution in [2.45, 2.75) is 31.3 Å². The first-order valence-electron chi connectivity index (χ1n) is 6.97. The van der Waals surface area contributed by atoms with Gasteiger partial charge in [-0.2, -0.15) is 0 Å². The zero-order valence-corrected chi connectivity index (χ0v) is 10.8. The predicted octanol–water partition coefficient (Wildman–Crippen LogP) is 1.08. The van der Waals surface area contributed by atoms with E-state index in [9.17, 15) is 0 Å². The molecule has 2 saturated heterocycles. The fraction of sp³-hybridized carbons (Fsp3) is 0.643. The zero-order chi connectivity index (χ0) is 12.4. The highest BCUT2D eigenvalue weighted by atomic mass is 15.3. The molecule has 0 saturated carbocycles. The maximum Gasteiger partial charge on any atom is 0.0397 e. The molecule has 2 aliphatic rings. The molecular formula is C14H22N4. The molecule has 0 aromatic carbocycles. The minimum atomic E-state index is 0.430. The first-order chi connectivity index (χ1) is 8.83. The van der Waals surface area contributed by atoms with E-state index in [1.807, 2.05) is 12.4 Å². The zero-order valence-electron chi connectivity index (χ0n) is 10.8. The van der Waals surface area contributed by atoms with Crippen molar-refractivity contribution in [1.82, 2.24) is 9.88 Å². The van der Waals surface area contributed by atoms with Crippen LogP contribution in [0.15, 0.2) is 24.5 Å². The van der Waals surface area contributed by atoms with Gasteiger partial charge in [-0.15, -0.1) is 0 Å². The van der Waals surface area contributed by atoms with Gasteiger partial charge in [-0.05, 0) is 44.5 Å². The van der Waals surface area contributed by atoms with Gasteiger partial charge in [0.05, 0.1) is 0 Å². The number of rotatable bonds is 2. The van der Waals surface area contributed by atoms with Gasteiger partial charge in [-0.25, -0.2) is 0 Å². The Balaban J connectivity index is 1.58. The first kappa shape index (κ1) is 11.9. The summed E-state index contributed by atoms with van der Waals surface area (Å²) in [5, 5.41) is 0. The normalized spacial score (nSPS) is 26.7. The second-order valence-electron chi connectivity index (χ2n) is 5.47. The van der Waals surface area contributed by atoms with Crippen molar-refractivity contribution in [3.05, 3.63) is 24.5 Å². The van der Waals surface area contributed by atoms with Crippen LogP contribution in [-0.4, -0.2) is 48.1 Å². The Hall–Kier alpha value is -1.13. The van der Waals surface area contributed by atoms with Crippen molar-refractivity contribution < 1.29 is 0 Å². The van der Waals surface area contributed by atoms with Crippen LogP contribution in [0.1, 0.15) is 19.3 Å². The van der Waals surface area contributed by atoms with E-state index in [0.29, 0.717) is 12.1 Å². The van der Waals surface area contributed by atoms with Gasteiger partial charge in [-0.3, -0.25) is 9.88 Å². The molecule has 1 atom stereocenters.